The molecule has 0 unspecified atom stereocenters. The van der Waals surface area contributed by atoms with Gasteiger partial charge in [-0.05, 0) is 86.8 Å². The van der Waals surface area contributed by atoms with E-state index in [9.17, 15) is 43.6 Å². The Hall–Kier alpha value is -4.47. The van der Waals surface area contributed by atoms with Crippen molar-refractivity contribution in [3.05, 3.63) is 75.1 Å². The molecule has 1 fully saturated rings. The fourth-order valence-electron chi connectivity index (χ4n) is 6.33. The number of halogens is 6. The van der Waals surface area contributed by atoms with Gasteiger partial charge in [-0.15, -0.1) is 0 Å². The summed E-state index contributed by atoms with van der Waals surface area (Å²) < 4.78 is 129. The molecule has 1 saturated carbocycles. The molecule has 288 valence electrons. The van der Waals surface area contributed by atoms with Crippen LogP contribution in [0.3, 0.4) is 0 Å². The third-order valence-electron chi connectivity index (χ3n) is 9.25. The van der Waals surface area contributed by atoms with E-state index in [1.54, 1.807) is 0 Å². The summed E-state index contributed by atoms with van der Waals surface area (Å²) in [6, 6.07) is 5.33. The maximum Gasteiger partial charge on any atom is 0.408 e. The molecule has 0 bridgehead atoms. The average Bonchev–Trinajstić information content (AvgIpc) is 3.69. The van der Waals surface area contributed by atoms with Gasteiger partial charge in [0.05, 0.1) is 26.9 Å². The van der Waals surface area contributed by atoms with Crippen LogP contribution in [-0.4, -0.2) is 60.1 Å². The summed E-state index contributed by atoms with van der Waals surface area (Å²) >= 11 is 6.59. The fourth-order valence-corrected chi connectivity index (χ4v) is 8.14. The zero-order valence-electron chi connectivity index (χ0n) is 28.9. The molecule has 6 rings (SSSR count). The molecular formula is C35H33ClF5N5O6S2. The number of anilines is 1. The van der Waals surface area contributed by atoms with Crippen LogP contribution in [-0.2, 0) is 50.4 Å². The Morgan fingerprint density at radius 1 is 1.09 bits per heavy atom. The molecule has 3 N–H and O–H groups in total. The maximum atomic E-state index is 14.4. The van der Waals surface area contributed by atoms with Crippen LogP contribution in [0.1, 0.15) is 67.3 Å². The number of nitrogens with zero attached hydrogens (tertiary/aromatic N) is 3. The second-order valence-corrected chi connectivity index (χ2v) is 18.7. The molecular weight excluding hydrogens is 781 g/mol. The number of nitrogens with two attached hydrogens (primary N) is 1. The third-order valence-corrected chi connectivity index (χ3v) is 13.4. The minimum Gasteiger partial charge on any atom is -0.439 e. The highest BCUT2D eigenvalue weighted by Gasteiger charge is 2.39. The number of primary amides is 1. The summed E-state index contributed by atoms with van der Waals surface area (Å²) in [5.41, 5.74) is 6.38. The Morgan fingerprint density at radius 3 is 2.33 bits per heavy atom. The number of hydrogen-bond acceptors (Lipinski definition) is 8. The number of amides is 1. The second kappa shape index (κ2) is 14.0. The van der Waals surface area contributed by atoms with Crippen LogP contribution in [0, 0.1) is 23.5 Å². The first-order valence-electron chi connectivity index (χ1n) is 16.5. The molecule has 11 nitrogen and oxygen atoms in total. The lowest BCUT2D eigenvalue weighted by Gasteiger charge is -2.24. The van der Waals surface area contributed by atoms with Gasteiger partial charge in [0.1, 0.15) is 28.6 Å². The maximum absolute atomic E-state index is 14.4. The van der Waals surface area contributed by atoms with Gasteiger partial charge in [0.15, 0.2) is 21.8 Å². The predicted octanol–water partition coefficient (Wildman–Crippen LogP) is 6.54. The third kappa shape index (κ3) is 8.13. The lowest BCUT2D eigenvalue weighted by Crippen LogP contribution is -2.28. The Bertz CT molecular complexity index is 2470. The van der Waals surface area contributed by atoms with Gasteiger partial charge in [0.25, 0.3) is 0 Å². The van der Waals surface area contributed by atoms with E-state index in [1.807, 2.05) is 0 Å². The van der Waals surface area contributed by atoms with Crippen LogP contribution >= 0.6 is 11.6 Å². The van der Waals surface area contributed by atoms with E-state index < -0.39 is 78.6 Å². The van der Waals surface area contributed by atoms with E-state index in [1.165, 1.54) is 26.0 Å². The number of hydrogen-bond donors (Lipinski definition) is 2. The quantitative estimate of drug-likeness (QED) is 0.135. The van der Waals surface area contributed by atoms with Crippen LogP contribution < -0.4 is 10.5 Å². The Balaban J connectivity index is 1.70. The smallest absolute Gasteiger partial charge is 0.408 e. The molecule has 2 aliphatic carbocycles. The zero-order valence-corrected chi connectivity index (χ0v) is 31.3. The lowest BCUT2D eigenvalue weighted by molar-refractivity contribution is -0.141. The highest BCUT2D eigenvalue weighted by molar-refractivity contribution is 7.93. The number of aromatic nitrogens is 3. The number of sulfone groups is 1. The van der Waals surface area contributed by atoms with Crippen molar-refractivity contribution in [2.24, 2.45) is 5.73 Å². The number of sulfonamides is 1. The van der Waals surface area contributed by atoms with Crippen molar-refractivity contribution in [2.75, 3.05) is 11.0 Å². The second-order valence-electron chi connectivity index (χ2n) is 13.8. The molecule has 19 heteroatoms. The monoisotopic (exact) mass is 813 g/mol. The number of nitrogens with one attached hydrogen (secondary N) is 1. The molecule has 0 radical (unpaired) electrons. The molecule has 4 aromatic rings. The number of carbonyl (C=O) groups is 1. The highest BCUT2D eigenvalue weighted by atomic mass is 35.5. The van der Waals surface area contributed by atoms with E-state index in [2.05, 4.69) is 21.7 Å². The Kier molecular flexibility index (Phi) is 10.2. The number of rotatable bonds is 10. The summed E-state index contributed by atoms with van der Waals surface area (Å²) in [6.07, 6.45) is -5.27. The van der Waals surface area contributed by atoms with Crippen molar-refractivity contribution < 1.29 is 48.3 Å². The minimum atomic E-state index is -4.85. The molecule has 54 heavy (non-hydrogen) atoms. The van der Waals surface area contributed by atoms with Gasteiger partial charge >= 0.3 is 12.3 Å². The van der Waals surface area contributed by atoms with E-state index in [4.69, 9.17) is 27.1 Å². The van der Waals surface area contributed by atoms with Crippen molar-refractivity contribution in [3.63, 3.8) is 0 Å². The summed E-state index contributed by atoms with van der Waals surface area (Å²) in [5.74, 6) is 3.24. The minimum absolute atomic E-state index is 0.00187. The topological polar surface area (TPSA) is 163 Å². The van der Waals surface area contributed by atoms with Gasteiger partial charge in [-0.2, -0.15) is 18.3 Å². The first-order chi connectivity index (χ1) is 25.0. The van der Waals surface area contributed by atoms with Crippen molar-refractivity contribution in [1.82, 2.24) is 14.8 Å². The van der Waals surface area contributed by atoms with E-state index in [0.717, 1.165) is 18.4 Å². The largest absolute Gasteiger partial charge is 0.439 e. The normalized spacial score (nSPS) is 15.4. The molecule has 2 heterocycles. The zero-order chi connectivity index (χ0) is 39.5. The van der Waals surface area contributed by atoms with E-state index in [0.29, 0.717) is 54.0 Å². The number of fused-ring (bicyclic) bond motifs is 2. The van der Waals surface area contributed by atoms with E-state index in [-0.39, 0.29) is 44.0 Å². The van der Waals surface area contributed by atoms with Crippen LogP contribution in [0.4, 0.5) is 32.6 Å². The first-order valence-corrected chi connectivity index (χ1v) is 20.3. The van der Waals surface area contributed by atoms with Crippen LogP contribution in [0.2, 0.25) is 5.02 Å². The average molecular weight is 814 g/mol. The number of alkyl halides is 3. The summed E-state index contributed by atoms with van der Waals surface area (Å²) in [7, 11) is -7.76. The first kappa shape index (κ1) is 39.2. The Morgan fingerprint density at radius 2 is 1.74 bits per heavy atom. The predicted molar refractivity (Wildman–Crippen MR) is 191 cm³/mol. The van der Waals surface area contributed by atoms with Crippen LogP contribution in [0.25, 0.3) is 22.0 Å². The molecule has 1 atom stereocenters. The standard InChI is InChI=1S/C35H33ClF5N5O6S2/c1-34(2,53(3,48)49)12-11-26-22-5-4-6-23(22)28(30(43-26)27(52-33(42)47)15-18-13-19(37)16-20(38)14-18)24-9-10-25(36)29-31(24)46(17-35(39,40)41)44-32(29)45-54(50,51)21-7-8-21/h9-10,13-14,16,21,27H,4-8,15,17H2,1-3H3,(H2,42,47)(H,44,45)/t27-/m0/s1. The molecule has 0 saturated heterocycles. The van der Waals surface area contributed by atoms with Crippen LogP contribution in [0.15, 0.2) is 30.3 Å². The van der Waals surface area contributed by atoms with Gasteiger partial charge in [-0.1, -0.05) is 23.6 Å². The molecule has 2 aliphatic rings. The van der Waals surface area contributed by atoms with Gasteiger partial charge in [0.2, 0.25) is 10.0 Å². The molecule has 1 amide bonds. The summed E-state index contributed by atoms with van der Waals surface area (Å²) in [5, 5.41) is 3.00. The SMILES string of the molecule is CC(C)(C#Cc1nc([C@H](Cc2cc(F)cc(F)c2)OC(N)=O)c(-c2ccc(Cl)c3c(NS(=O)(=O)C4CC4)nn(CC(F)(F)F)c23)c2c1CCC2)S(C)(=O)=O. The number of benzene rings is 2. The summed E-state index contributed by atoms with van der Waals surface area (Å²) in [6.45, 7) is 1.12. The van der Waals surface area contributed by atoms with Crippen LogP contribution in [0.5, 0.6) is 0 Å². The van der Waals surface area contributed by atoms with Gasteiger partial charge in [0, 0.05) is 29.9 Å². The number of ether oxygens (including phenoxy) is 1. The number of pyridine rings is 1. The van der Waals surface area contributed by atoms with Gasteiger partial charge in [-0.3, -0.25) is 9.40 Å². The summed E-state index contributed by atoms with van der Waals surface area (Å²) in [4.78, 5) is 17.2. The molecule has 0 spiro atoms. The van der Waals surface area contributed by atoms with Crippen molar-refractivity contribution in [3.8, 4) is 23.0 Å². The van der Waals surface area contributed by atoms with Crippen molar-refractivity contribution in [2.45, 2.75) is 81.2 Å². The van der Waals surface area contributed by atoms with Gasteiger partial charge in [-0.25, -0.2) is 35.4 Å². The molecule has 0 aliphatic heterocycles. The number of carbonyl (C=O) groups excluding carboxylic acids is 1. The van der Waals surface area contributed by atoms with Crippen molar-refractivity contribution in [1.29, 1.82) is 0 Å². The fraction of sp³-hybridized carbons (Fsp3) is 0.400. The van der Waals surface area contributed by atoms with Crippen molar-refractivity contribution >= 4 is 54.3 Å². The lowest BCUT2D eigenvalue weighted by atomic mass is 9.89. The Labute approximate surface area is 312 Å². The van der Waals surface area contributed by atoms with E-state index >= 15 is 0 Å². The highest BCUT2D eigenvalue weighted by Crippen LogP contribution is 2.46. The molecule has 2 aromatic heterocycles. The molecule has 2 aromatic carbocycles. The van der Waals surface area contributed by atoms with Gasteiger partial charge < -0.3 is 10.5 Å².